The van der Waals surface area contributed by atoms with Crippen LogP contribution in [0.3, 0.4) is 0 Å². The molecule has 0 N–H and O–H groups in total. The maximum Gasteiger partial charge on any atom is 0.255 e. The van der Waals surface area contributed by atoms with Gasteiger partial charge in [-0.05, 0) is 39.1 Å². The number of likely N-dealkylation sites (tertiary alicyclic amines) is 2. The van der Waals surface area contributed by atoms with Crippen LogP contribution in [0.5, 0.6) is 0 Å². The summed E-state index contributed by atoms with van der Waals surface area (Å²) in [6.07, 6.45) is 3.73. The van der Waals surface area contributed by atoms with Gasteiger partial charge in [0.1, 0.15) is 5.82 Å². The minimum absolute atomic E-state index is 0.0534. The summed E-state index contributed by atoms with van der Waals surface area (Å²) in [6.45, 7) is 4.54. The molecule has 0 unspecified atom stereocenters. The van der Waals surface area contributed by atoms with Crippen molar-refractivity contribution >= 4 is 17.5 Å². The smallest absolute Gasteiger partial charge is 0.255 e. The predicted molar refractivity (Wildman–Crippen MR) is 101 cm³/mol. The Morgan fingerprint density at radius 1 is 1.07 bits per heavy atom. The molecule has 2 aromatic heterocycles. The van der Waals surface area contributed by atoms with Crippen LogP contribution < -0.4 is 0 Å². The number of carbonyl (C=O) groups is 2. The summed E-state index contributed by atoms with van der Waals surface area (Å²) < 4.78 is 1.92. The van der Waals surface area contributed by atoms with Crippen molar-refractivity contribution in [2.24, 2.45) is 0 Å². The highest BCUT2D eigenvalue weighted by Crippen LogP contribution is 2.27. The Hall–Kier alpha value is -2.48. The van der Waals surface area contributed by atoms with Crippen LogP contribution in [0.2, 0.25) is 0 Å². The van der Waals surface area contributed by atoms with Crippen molar-refractivity contribution in [2.75, 3.05) is 40.3 Å². The van der Waals surface area contributed by atoms with E-state index in [0.29, 0.717) is 18.2 Å². The van der Waals surface area contributed by atoms with Gasteiger partial charge in [0, 0.05) is 51.3 Å². The summed E-state index contributed by atoms with van der Waals surface area (Å²) >= 11 is 0. The Bertz CT molecular complexity index is 876. The molecule has 2 aromatic rings. The van der Waals surface area contributed by atoms with Crippen molar-refractivity contribution in [1.82, 2.24) is 29.3 Å². The van der Waals surface area contributed by atoms with Crippen LogP contribution in [-0.2, 0) is 4.79 Å². The fourth-order valence-corrected chi connectivity index (χ4v) is 4.10. The molecule has 2 amide bonds. The van der Waals surface area contributed by atoms with Crippen molar-refractivity contribution in [2.45, 2.75) is 31.7 Å². The summed E-state index contributed by atoms with van der Waals surface area (Å²) in [5.41, 5.74) is 1.39. The Morgan fingerprint density at radius 3 is 2.52 bits per heavy atom. The fourth-order valence-electron chi connectivity index (χ4n) is 4.10. The number of fused-ring (bicyclic) bond motifs is 1. The third kappa shape index (κ3) is 3.29. The first-order valence-electron chi connectivity index (χ1n) is 9.50. The van der Waals surface area contributed by atoms with Gasteiger partial charge in [-0.25, -0.2) is 0 Å². The number of carbonyl (C=O) groups excluding carboxylic acids is 2. The molecule has 0 radical (unpaired) electrons. The first-order chi connectivity index (χ1) is 12.9. The Morgan fingerprint density at radius 2 is 1.85 bits per heavy atom. The molecule has 0 aromatic carbocycles. The quantitative estimate of drug-likeness (QED) is 0.801. The fraction of sp³-hybridized carbons (Fsp3) is 0.579. The second-order valence-corrected chi connectivity index (χ2v) is 7.81. The van der Waals surface area contributed by atoms with Gasteiger partial charge in [-0.3, -0.25) is 14.0 Å². The summed E-state index contributed by atoms with van der Waals surface area (Å²) in [4.78, 5) is 30.5. The number of likely N-dealkylation sites (N-methyl/N-ethyl adjacent to an activating group) is 1. The SMILES string of the molecule is CC(=O)N1CC[C@H](c2nnc3ccc(C(=O)N4CC[C@@H](N(C)C)C4)cn23)C1. The minimum Gasteiger partial charge on any atom is -0.342 e. The molecule has 0 aliphatic carbocycles. The van der Waals surface area contributed by atoms with Crippen LogP contribution in [0, 0.1) is 0 Å². The number of hydrogen-bond acceptors (Lipinski definition) is 5. The number of amides is 2. The molecular formula is C19H26N6O2. The number of hydrogen-bond donors (Lipinski definition) is 0. The van der Waals surface area contributed by atoms with Gasteiger partial charge in [0.05, 0.1) is 5.56 Å². The lowest BCUT2D eigenvalue weighted by Crippen LogP contribution is -2.34. The summed E-state index contributed by atoms with van der Waals surface area (Å²) in [5.74, 6) is 1.12. The van der Waals surface area contributed by atoms with Crippen LogP contribution in [0.15, 0.2) is 18.3 Å². The van der Waals surface area contributed by atoms with Gasteiger partial charge < -0.3 is 14.7 Å². The van der Waals surface area contributed by atoms with Gasteiger partial charge in [-0.1, -0.05) is 0 Å². The van der Waals surface area contributed by atoms with E-state index in [9.17, 15) is 9.59 Å². The van der Waals surface area contributed by atoms with Gasteiger partial charge in [-0.15, -0.1) is 10.2 Å². The zero-order valence-corrected chi connectivity index (χ0v) is 16.1. The summed E-state index contributed by atoms with van der Waals surface area (Å²) in [5, 5.41) is 8.59. The van der Waals surface area contributed by atoms with Crippen molar-refractivity contribution in [3.8, 4) is 0 Å². The van der Waals surface area contributed by atoms with Crippen molar-refractivity contribution < 1.29 is 9.59 Å². The maximum atomic E-state index is 13.0. The molecule has 2 saturated heterocycles. The topological polar surface area (TPSA) is 74.0 Å². The van der Waals surface area contributed by atoms with Gasteiger partial charge in [0.2, 0.25) is 5.91 Å². The predicted octanol–water partition coefficient (Wildman–Crippen LogP) is 0.841. The minimum atomic E-state index is 0.0534. The maximum absolute atomic E-state index is 13.0. The molecule has 0 spiro atoms. The van der Waals surface area contributed by atoms with Gasteiger partial charge in [0.15, 0.2) is 5.65 Å². The molecule has 8 heteroatoms. The molecule has 0 bridgehead atoms. The monoisotopic (exact) mass is 370 g/mol. The molecule has 4 heterocycles. The van der Waals surface area contributed by atoms with E-state index in [1.165, 1.54) is 0 Å². The third-order valence-electron chi connectivity index (χ3n) is 5.86. The zero-order valence-electron chi connectivity index (χ0n) is 16.1. The lowest BCUT2D eigenvalue weighted by atomic mass is 10.1. The van der Waals surface area contributed by atoms with Gasteiger partial charge in [-0.2, -0.15) is 0 Å². The largest absolute Gasteiger partial charge is 0.342 e. The van der Waals surface area contributed by atoms with Crippen molar-refractivity contribution in [1.29, 1.82) is 0 Å². The lowest BCUT2D eigenvalue weighted by molar-refractivity contribution is -0.127. The highest BCUT2D eigenvalue weighted by atomic mass is 16.2. The molecule has 27 heavy (non-hydrogen) atoms. The lowest BCUT2D eigenvalue weighted by Gasteiger charge is -2.20. The van der Waals surface area contributed by atoms with Crippen molar-refractivity contribution in [3.63, 3.8) is 0 Å². The molecule has 4 rings (SSSR count). The second-order valence-electron chi connectivity index (χ2n) is 7.81. The van der Waals surface area contributed by atoms with E-state index in [-0.39, 0.29) is 17.7 Å². The molecule has 0 saturated carbocycles. The normalized spacial score (nSPS) is 23.0. The molecular weight excluding hydrogens is 344 g/mol. The molecule has 8 nitrogen and oxygen atoms in total. The number of aromatic nitrogens is 3. The second kappa shape index (κ2) is 6.92. The van der Waals surface area contributed by atoms with Crippen LogP contribution in [0.4, 0.5) is 0 Å². The molecule has 2 aliphatic rings. The van der Waals surface area contributed by atoms with E-state index >= 15 is 0 Å². The first kappa shape index (κ1) is 17.9. The van der Waals surface area contributed by atoms with E-state index < -0.39 is 0 Å². The number of rotatable bonds is 3. The average molecular weight is 370 g/mol. The highest BCUT2D eigenvalue weighted by Gasteiger charge is 2.30. The number of nitrogens with zero attached hydrogens (tertiary/aromatic N) is 6. The number of pyridine rings is 1. The van der Waals surface area contributed by atoms with E-state index in [2.05, 4.69) is 29.2 Å². The van der Waals surface area contributed by atoms with Crippen LogP contribution in [-0.4, -0.2) is 87.4 Å². The Kier molecular flexibility index (Phi) is 4.59. The highest BCUT2D eigenvalue weighted by molar-refractivity contribution is 5.94. The Balaban J connectivity index is 1.57. The van der Waals surface area contributed by atoms with E-state index in [1.54, 1.807) is 6.92 Å². The standard InChI is InChI=1S/C19H26N6O2/c1-13(26)23-8-6-14(10-23)18-21-20-17-5-4-15(11-25(17)18)19(27)24-9-7-16(12-24)22(2)3/h4-5,11,14,16H,6-10,12H2,1-3H3/t14-,16+/m0/s1. The third-order valence-corrected chi connectivity index (χ3v) is 5.86. The summed E-state index contributed by atoms with van der Waals surface area (Å²) in [6, 6.07) is 4.09. The zero-order chi connectivity index (χ0) is 19.1. The van der Waals surface area contributed by atoms with Crippen LogP contribution >= 0.6 is 0 Å². The van der Waals surface area contributed by atoms with E-state index in [1.807, 2.05) is 32.5 Å². The molecule has 2 atom stereocenters. The van der Waals surface area contributed by atoms with E-state index in [4.69, 9.17) is 0 Å². The van der Waals surface area contributed by atoms with Gasteiger partial charge >= 0.3 is 0 Å². The van der Waals surface area contributed by atoms with Crippen LogP contribution in [0.1, 0.15) is 41.9 Å². The van der Waals surface area contributed by atoms with Gasteiger partial charge in [0.25, 0.3) is 5.91 Å². The Labute approximate surface area is 158 Å². The first-order valence-corrected chi connectivity index (χ1v) is 9.50. The molecule has 144 valence electrons. The van der Waals surface area contributed by atoms with E-state index in [0.717, 1.165) is 43.9 Å². The average Bonchev–Trinajstić information content (AvgIpc) is 3.38. The van der Waals surface area contributed by atoms with Crippen LogP contribution in [0.25, 0.3) is 5.65 Å². The molecule has 2 fully saturated rings. The van der Waals surface area contributed by atoms with Crippen molar-refractivity contribution in [3.05, 3.63) is 29.7 Å². The summed E-state index contributed by atoms with van der Waals surface area (Å²) in [7, 11) is 4.11. The molecule has 2 aliphatic heterocycles.